The van der Waals surface area contributed by atoms with Gasteiger partial charge in [0.2, 0.25) is 5.91 Å². The zero-order valence-electron chi connectivity index (χ0n) is 32.6. The Morgan fingerprint density at radius 3 is 2.38 bits per heavy atom. The Morgan fingerprint density at radius 1 is 1.12 bits per heavy atom. The molecule has 0 unspecified atom stereocenters. The lowest BCUT2D eigenvalue weighted by atomic mass is 9.45. The minimum absolute atomic E-state index is 0.0262. The molecule has 52 heavy (non-hydrogen) atoms. The van der Waals surface area contributed by atoms with E-state index in [1.165, 1.54) is 13.3 Å². The molecule has 286 valence electrons. The Kier molecular flexibility index (Phi) is 12.1. The Morgan fingerprint density at radius 2 is 1.83 bits per heavy atom. The van der Waals surface area contributed by atoms with Crippen LogP contribution in [0.15, 0.2) is 36.4 Å². The molecule has 11 heteroatoms. The lowest BCUT2D eigenvalue weighted by molar-refractivity contribution is -0.183. The van der Waals surface area contributed by atoms with Gasteiger partial charge in [0, 0.05) is 48.4 Å². The maximum Gasteiger partial charge on any atom is 0.251 e. The van der Waals surface area contributed by atoms with Crippen molar-refractivity contribution in [3.8, 4) is 16.9 Å². The van der Waals surface area contributed by atoms with Gasteiger partial charge in [-0.1, -0.05) is 52.8 Å². The Hall–Kier alpha value is -3.51. The summed E-state index contributed by atoms with van der Waals surface area (Å²) in [5.74, 6) is 0.895. The number of hydrogen-bond acceptors (Lipinski definition) is 9. The third-order valence-corrected chi connectivity index (χ3v) is 12.2. The fourth-order valence-corrected chi connectivity index (χ4v) is 9.03. The number of para-hydroxylation sites is 1. The van der Waals surface area contributed by atoms with E-state index in [0.29, 0.717) is 35.5 Å². The molecule has 4 fully saturated rings. The van der Waals surface area contributed by atoms with Crippen molar-refractivity contribution in [2.45, 2.75) is 105 Å². The molecule has 2 aromatic rings. The number of Topliss-reactive ketones (excluding diaryl/α,β-unsaturated/α-hetero) is 1. The first-order chi connectivity index (χ1) is 24.5. The molecule has 3 saturated carbocycles. The van der Waals surface area contributed by atoms with Crippen molar-refractivity contribution >= 4 is 23.3 Å². The summed E-state index contributed by atoms with van der Waals surface area (Å²) >= 11 is 0. The second-order valence-corrected chi connectivity index (χ2v) is 16.7. The van der Waals surface area contributed by atoms with Crippen LogP contribution in [-0.2, 0) is 21.0 Å². The summed E-state index contributed by atoms with van der Waals surface area (Å²) in [6, 6.07) is 9.85. The molecule has 2 amide bonds. The van der Waals surface area contributed by atoms with E-state index in [9.17, 15) is 24.6 Å². The molecule has 0 radical (unpaired) electrons. The van der Waals surface area contributed by atoms with E-state index in [4.69, 9.17) is 9.57 Å². The molecule has 3 aliphatic carbocycles. The fourth-order valence-electron chi connectivity index (χ4n) is 9.03. The number of anilines is 1. The summed E-state index contributed by atoms with van der Waals surface area (Å²) in [4.78, 5) is 48.4. The number of nitrogens with zero attached hydrogens (tertiary/aromatic N) is 2. The number of carbonyl (C=O) groups is 3. The number of ketones is 1. The molecule has 11 nitrogen and oxygen atoms in total. The molecule has 4 aliphatic rings. The number of ether oxygens (including phenoxy) is 1. The van der Waals surface area contributed by atoms with Crippen molar-refractivity contribution in [1.82, 2.24) is 15.7 Å². The molecular weight excluding hydrogens is 660 g/mol. The van der Waals surface area contributed by atoms with Crippen LogP contribution in [0, 0.1) is 35.0 Å². The van der Waals surface area contributed by atoms with Gasteiger partial charge in [-0.3, -0.25) is 19.2 Å². The number of aliphatic hydroxyl groups excluding tert-OH is 2. The number of benzene rings is 2. The van der Waals surface area contributed by atoms with E-state index in [1.54, 1.807) is 31.2 Å². The SMILES string of the molecule is COc1c(CN2O[C@@H](CO)[C@@H]([C@H](C)O)[C@H]2C(=O)N[C@H]2C[C@@H]3C[C@H]([C@@H]2C)C3(C)C)cccc1-c1cc(C(=O)N[C@@H](CC(C)C)C(C)=O)cc(N(C)C)c1. The summed E-state index contributed by atoms with van der Waals surface area (Å²) in [6.45, 7) is 13.8. The smallest absolute Gasteiger partial charge is 0.251 e. The largest absolute Gasteiger partial charge is 0.496 e. The first-order valence-electron chi connectivity index (χ1n) is 18.8. The molecule has 4 N–H and O–H groups in total. The lowest BCUT2D eigenvalue weighted by Gasteiger charge is -2.62. The van der Waals surface area contributed by atoms with Crippen molar-refractivity contribution in [3.63, 3.8) is 0 Å². The van der Waals surface area contributed by atoms with E-state index >= 15 is 0 Å². The van der Waals surface area contributed by atoms with E-state index in [2.05, 4.69) is 31.4 Å². The van der Waals surface area contributed by atoms with Crippen LogP contribution in [0.4, 0.5) is 5.69 Å². The van der Waals surface area contributed by atoms with Gasteiger partial charge < -0.3 is 30.5 Å². The standard InChI is InChI=1S/C41H60N4O7/c1-22(2)14-34(24(4)47)43-39(49)28-15-27(16-30(17-28)44(8)9)31-13-11-12-26(38(31)51-10)20-45-37(36(25(5)48)35(21-46)52-45)40(50)42-33-19-29-18-32(23(33)3)41(29,6)7/h11-13,15-17,22-23,25,29,32-37,46,48H,14,18-21H2,1-10H3,(H,42,50)(H,43,49)/t23-,25-,29-,32+,33-,34-,35-,36+,37-/m0/s1. The Labute approximate surface area is 309 Å². The van der Waals surface area contributed by atoms with Crippen molar-refractivity contribution < 1.29 is 34.2 Å². The van der Waals surface area contributed by atoms with Crippen LogP contribution in [0.1, 0.15) is 83.7 Å². The number of hydrogen-bond donors (Lipinski definition) is 4. The van der Waals surface area contributed by atoms with Gasteiger partial charge in [0.15, 0.2) is 5.78 Å². The van der Waals surface area contributed by atoms with Crippen LogP contribution in [0.25, 0.3) is 11.1 Å². The zero-order valence-corrected chi connectivity index (χ0v) is 32.6. The maximum atomic E-state index is 14.2. The monoisotopic (exact) mass is 720 g/mol. The highest BCUT2D eigenvalue weighted by Gasteiger charge is 2.57. The highest BCUT2D eigenvalue weighted by Crippen LogP contribution is 2.61. The molecule has 1 aliphatic heterocycles. The van der Waals surface area contributed by atoms with Crippen LogP contribution in [0.5, 0.6) is 5.75 Å². The predicted molar refractivity (Wildman–Crippen MR) is 202 cm³/mol. The first-order valence-corrected chi connectivity index (χ1v) is 18.8. The van der Waals surface area contributed by atoms with Gasteiger partial charge in [0.05, 0.1) is 32.4 Å². The summed E-state index contributed by atoms with van der Waals surface area (Å²) in [5, 5.41) is 29.1. The summed E-state index contributed by atoms with van der Waals surface area (Å²) in [5.41, 5.74) is 3.67. The average Bonchev–Trinajstić information content (AvgIpc) is 3.46. The van der Waals surface area contributed by atoms with Crippen LogP contribution >= 0.6 is 0 Å². The third-order valence-electron chi connectivity index (χ3n) is 12.2. The number of methoxy groups -OCH3 is 1. The van der Waals surface area contributed by atoms with Crippen LogP contribution in [0.2, 0.25) is 0 Å². The number of rotatable bonds is 14. The molecule has 6 rings (SSSR count). The first kappa shape index (κ1) is 39.7. The summed E-state index contributed by atoms with van der Waals surface area (Å²) in [6.07, 6.45) is 0.971. The van der Waals surface area contributed by atoms with E-state index in [0.717, 1.165) is 28.8 Å². The second kappa shape index (κ2) is 15.8. The van der Waals surface area contributed by atoms with Crippen molar-refractivity contribution in [3.05, 3.63) is 47.5 Å². The number of fused-ring (bicyclic) bond motifs is 2. The topological polar surface area (TPSA) is 141 Å². The number of carbonyl (C=O) groups excluding carboxylic acids is 3. The normalized spacial score (nSPS) is 27.8. The molecule has 1 heterocycles. The Balaban J connectivity index is 1.46. The molecule has 9 atom stereocenters. The number of hydroxylamine groups is 2. The number of aliphatic hydroxyl groups is 2. The van der Waals surface area contributed by atoms with Gasteiger partial charge in [0.25, 0.3) is 5.91 Å². The van der Waals surface area contributed by atoms with Gasteiger partial charge in [0.1, 0.15) is 17.9 Å². The van der Waals surface area contributed by atoms with Gasteiger partial charge in [-0.2, -0.15) is 5.06 Å². The van der Waals surface area contributed by atoms with Crippen molar-refractivity contribution in [2.75, 3.05) is 32.7 Å². The maximum absolute atomic E-state index is 14.2. The van der Waals surface area contributed by atoms with Gasteiger partial charge in [-0.25, -0.2) is 0 Å². The minimum Gasteiger partial charge on any atom is -0.496 e. The third kappa shape index (κ3) is 7.88. The molecule has 1 saturated heterocycles. The highest BCUT2D eigenvalue weighted by molar-refractivity contribution is 5.99. The minimum atomic E-state index is -0.913. The number of nitrogens with one attached hydrogen (secondary N) is 2. The van der Waals surface area contributed by atoms with Crippen LogP contribution in [-0.4, -0.2) is 91.0 Å². The van der Waals surface area contributed by atoms with Crippen molar-refractivity contribution in [1.29, 1.82) is 0 Å². The molecule has 2 aromatic carbocycles. The second-order valence-electron chi connectivity index (χ2n) is 16.7. The lowest BCUT2D eigenvalue weighted by Crippen LogP contribution is -2.62. The summed E-state index contributed by atoms with van der Waals surface area (Å²) in [7, 11) is 5.38. The summed E-state index contributed by atoms with van der Waals surface area (Å²) < 4.78 is 6.04. The quantitative estimate of drug-likeness (QED) is 0.216. The van der Waals surface area contributed by atoms with Crippen LogP contribution < -0.4 is 20.3 Å². The van der Waals surface area contributed by atoms with E-state index < -0.39 is 30.2 Å². The van der Waals surface area contributed by atoms with Gasteiger partial charge in [-0.05, 0) is 86.0 Å². The van der Waals surface area contributed by atoms with Gasteiger partial charge >= 0.3 is 0 Å². The predicted octanol–water partition coefficient (Wildman–Crippen LogP) is 4.82. The van der Waals surface area contributed by atoms with Gasteiger partial charge in [-0.15, -0.1) is 0 Å². The molecule has 2 bridgehead atoms. The van der Waals surface area contributed by atoms with E-state index in [1.807, 2.05) is 57.1 Å². The molecular formula is C41H60N4O7. The fraction of sp³-hybridized carbons (Fsp3) is 0.634. The average molecular weight is 721 g/mol. The zero-order chi connectivity index (χ0) is 38.2. The molecule has 0 spiro atoms. The highest BCUT2D eigenvalue weighted by atomic mass is 16.7. The number of amides is 2. The van der Waals surface area contributed by atoms with Crippen LogP contribution in [0.3, 0.4) is 0 Å². The molecule has 0 aromatic heterocycles. The van der Waals surface area contributed by atoms with Crippen molar-refractivity contribution in [2.24, 2.45) is 35.0 Å². The Bertz CT molecular complexity index is 1620. The van der Waals surface area contributed by atoms with E-state index in [-0.39, 0.29) is 48.1 Å².